The lowest BCUT2D eigenvalue weighted by molar-refractivity contribution is -0.384. The van der Waals surface area contributed by atoms with E-state index in [2.05, 4.69) is 9.97 Å². The average molecular weight is 268 g/mol. The van der Waals surface area contributed by atoms with Gasteiger partial charge in [-0.1, -0.05) is 0 Å². The zero-order chi connectivity index (χ0) is 14.3. The van der Waals surface area contributed by atoms with Gasteiger partial charge in [-0.3, -0.25) is 10.1 Å². The molecule has 0 atom stereocenters. The Morgan fingerprint density at radius 3 is 2.75 bits per heavy atom. The molecule has 1 aromatic heterocycles. The Morgan fingerprint density at radius 1 is 1.25 bits per heavy atom. The number of benzene rings is 2. The number of nitro groups is 1. The van der Waals surface area contributed by atoms with Crippen LogP contribution in [0.3, 0.4) is 0 Å². The van der Waals surface area contributed by atoms with Crippen molar-refractivity contribution < 1.29 is 4.92 Å². The first-order valence-electron chi connectivity index (χ1n) is 6.05. The first-order chi connectivity index (χ1) is 9.54. The Bertz CT molecular complexity index is 823. The number of aromatic nitrogens is 2. The molecule has 0 aliphatic heterocycles. The van der Waals surface area contributed by atoms with Gasteiger partial charge in [-0.25, -0.2) is 4.98 Å². The van der Waals surface area contributed by atoms with Gasteiger partial charge >= 0.3 is 0 Å². The molecule has 0 unspecified atom stereocenters. The number of nitrogens with zero attached hydrogens (tertiary/aromatic N) is 2. The number of imidazole rings is 1. The van der Waals surface area contributed by atoms with E-state index in [0.29, 0.717) is 16.9 Å². The van der Waals surface area contributed by atoms with Crippen molar-refractivity contribution >= 4 is 22.4 Å². The van der Waals surface area contributed by atoms with Gasteiger partial charge in [0.1, 0.15) is 5.82 Å². The number of hydrogen-bond acceptors (Lipinski definition) is 4. The summed E-state index contributed by atoms with van der Waals surface area (Å²) < 4.78 is 0. The number of rotatable bonds is 2. The van der Waals surface area contributed by atoms with Gasteiger partial charge in [-0.2, -0.15) is 0 Å². The second-order valence-electron chi connectivity index (χ2n) is 4.62. The summed E-state index contributed by atoms with van der Waals surface area (Å²) in [6.45, 7) is 1.92. The fourth-order valence-electron chi connectivity index (χ4n) is 2.07. The fourth-order valence-corrected chi connectivity index (χ4v) is 2.07. The van der Waals surface area contributed by atoms with Gasteiger partial charge in [0.2, 0.25) is 0 Å². The number of aromatic amines is 1. The number of hydrogen-bond donors (Lipinski definition) is 2. The van der Waals surface area contributed by atoms with E-state index >= 15 is 0 Å². The maximum atomic E-state index is 10.8. The second kappa shape index (κ2) is 4.34. The molecule has 0 saturated carbocycles. The molecule has 0 spiro atoms. The first-order valence-corrected chi connectivity index (χ1v) is 6.05. The third-order valence-electron chi connectivity index (χ3n) is 3.22. The molecule has 0 radical (unpaired) electrons. The van der Waals surface area contributed by atoms with E-state index in [0.717, 1.165) is 16.8 Å². The van der Waals surface area contributed by atoms with E-state index in [9.17, 15) is 10.1 Å². The van der Waals surface area contributed by atoms with Crippen molar-refractivity contribution in [3.8, 4) is 11.4 Å². The molecule has 100 valence electrons. The van der Waals surface area contributed by atoms with Crippen LogP contribution in [0.5, 0.6) is 0 Å². The van der Waals surface area contributed by atoms with Crippen LogP contribution in [0.25, 0.3) is 22.4 Å². The van der Waals surface area contributed by atoms with Crippen molar-refractivity contribution in [2.24, 2.45) is 0 Å². The highest BCUT2D eigenvalue weighted by molar-refractivity contribution is 5.81. The molecule has 0 aliphatic rings. The molecule has 0 aliphatic carbocycles. The Balaban J connectivity index is 2.12. The number of nitrogens with two attached hydrogens (primary N) is 1. The average Bonchev–Trinajstić information content (AvgIpc) is 2.84. The fraction of sp³-hybridized carbons (Fsp3) is 0.0714. The molecule has 0 amide bonds. The van der Waals surface area contributed by atoms with E-state index in [-0.39, 0.29) is 5.69 Å². The highest BCUT2D eigenvalue weighted by Gasteiger charge is 2.11. The Morgan fingerprint density at radius 2 is 2.05 bits per heavy atom. The van der Waals surface area contributed by atoms with E-state index in [1.54, 1.807) is 6.07 Å². The second-order valence-corrected chi connectivity index (χ2v) is 4.62. The number of aryl methyl sites for hydroxylation is 1. The Kier molecular flexibility index (Phi) is 2.64. The molecular formula is C14H12N4O2. The van der Waals surface area contributed by atoms with Crippen molar-refractivity contribution in [3.63, 3.8) is 0 Å². The van der Waals surface area contributed by atoms with E-state index in [1.807, 2.05) is 25.1 Å². The predicted octanol–water partition coefficient (Wildman–Crippen LogP) is 3.03. The number of fused-ring (bicyclic) bond motifs is 1. The van der Waals surface area contributed by atoms with Gasteiger partial charge in [-0.15, -0.1) is 0 Å². The molecular weight excluding hydrogens is 256 g/mol. The topological polar surface area (TPSA) is 97.8 Å². The zero-order valence-electron chi connectivity index (χ0n) is 10.8. The van der Waals surface area contributed by atoms with E-state index in [4.69, 9.17) is 5.73 Å². The minimum Gasteiger partial charge on any atom is -0.399 e. The number of nitrogens with one attached hydrogen (secondary N) is 1. The van der Waals surface area contributed by atoms with Crippen LogP contribution in [0.15, 0.2) is 36.4 Å². The minimum absolute atomic E-state index is 0.0428. The number of anilines is 1. The highest BCUT2D eigenvalue weighted by Crippen LogP contribution is 2.25. The van der Waals surface area contributed by atoms with Crippen molar-refractivity contribution in [2.75, 3.05) is 5.73 Å². The van der Waals surface area contributed by atoms with Crippen LogP contribution in [-0.2, 0) is 0 Å². The molecule has 1 heterocycles. The van der Waals surface area contributed by atoms with E-state index < -0.39 is 4.92 Å². The molecule has 20 heavy (non-hydrogen) atoms. The molecule has 3 aromatic rings. The number of H-pyrrole nitrogens is 1. The molecule has 0 saturated heterocycles. The van der Waals surface area contributed by atoms with Crippen LogP contribution in [0.4, 0.5) is 11.4 Å². The van der Waals surface area contributed by atoms with Crippen LogP contribution in [0.1, 0.15) is 5.56 Å². The van der Waals surface area contributed by atoms with Crippen LogP contribution < -0.4 is 5.73 Å². The molecule has 6 heteroatoms. The quantitative estimate of drug-likeness (QED) is 0.424. The summed E-state index contributed by atoms with van der Waals surface area (Å²) in [6, 6.07) is 10.2. The van der Waals surface area contributed by atoms with Crippen molar-refractivity contribution in [1.29, 1.82) is 0 Å². The van der Waals surface area contributed by atoms with Crippen LogP contribution in [0.2, 0.25) is 0 Å². The number of non-ortho nitro benzene ring substituents is 1. The monoisotopic (exact) mass is 268 g/mol. The highest BCUT2D eigenvalue weighted by atomic mass is 16.6. The third kappa shape index (κ3) is 1.97. The largest absolute Gasteiger partial charge is 0.399 e. The summed E-state index contributed by atoms with van der Waals surface area (Å²) in [7, 11) is 0. The van der Waals surface area contributed by atoms with Crippen LogP contribution in [-0.4, -0.2) is 14.9 Å². The lowest BCUT2D eigenvalue weighted by Gasteiger charge is -2.01. The normalized spacial score (nSPS) is 10.8. The summed E-state index contributed by atoms with van der Waals surface area (Å²) in [5.41, 5.74) is 9.76. The lowest BCUT2D eigenvalue weighted by atomic mass is 10.1. The maximum absolute atomic E-state index is 10.8. The molecule has 3 N–H and O–H groups in total. The van der Waals surface area contributed by atoms with Gasteiger partial charge in [-0.05, 0) is 36.8 Å². The summed E-state index contributed by atoms with van der Waals surface area (Å²) in [4.78, 5) is 17.9. The van der Waals surface area contributed by atoms with Gasteiger partial charge in [0, 0.05) is 23.4 Å². The zero-order valence-corrected chi connectivity index (χ0v) is 10.8. The lowest BCUT2D eigenvalue weighted by Crippen LogP contribution is -1.90. The van der Waals surface area contributed by atoms with Crippen molar-refractivity contribution in [1.82, 2.24) is 9.97 Å². The number of nitrogen functional groups attached to an aromatic ring is 1. The van der Waals surface area contributed by atoms with Gasteiger partial charge < -0.3 is 10.7 Å². The SMILES string of the molecule is Cc1cc(-c2nc3ccc([N+](=O)[O-])cc3[nH]2)ccc1N. The molecule has 0 fully saturated rings. The Labute approximate surface area is 114 Å². The standard InChI is InChI=1S/C14H12N4O2/c1-8-6-9(2-4-11(8)15)14-16-12-5-3-10(18(19)20)7-13(12)17-14/h2-7H,15H2,1H3,(H,16,17). The molecule has 0 bridgehead atoms. The molecule has 6 nitrogen and oxygen atoms in total. The van der Waals surface area contributed by atoms with Crippen LogP contribution in [0, 0.1) is 17.0 Å². The number of nitro benzene ring substituents is 1. The van der Waals surface area contributed by atoms with Gasteiger partial charge in [0.05, 0.1) is 16.0 Å². The Hall–Kier alpha value is -2.89. The smallest absolute Gasteiger partial charge is 0.271 e. The summed E-state index contributed by atoms with van der Waals surface area (Å²) in [6.07, 6.45) is 0. The summed E-state index contributed by atoms with van der Waals surface area (Å²) in [5.74, 6) is 0.670. The minimum atomic E-state index is -0.423. The molecule has 2 aromatic carbocycles. The maximum Gasteiger partial charge on any atom is 0.271 e. The van der Waals surface area contributed by atoms with E-state index in [1.165, 1.54) is 12.1 Å². The summed E-state index contributed by atoms with van der Waals surface area (Å²) in [5, 5.41) is 10.8. The van der Waals surface area contributed by atoms with Crippen molar-refractivity contribution in [3.05, 3.63) is 52.1 Å². The van der Waals surface area contributed by atoms with Gasteiger partial charge in [0.25, 0.3) is 5.69 Å². The predicted molar refractivity (Wildman–Crippen MR) is 77.3 cm³/mol. The van der Waals surface area contributed by atoms with Crippen molar-refractivity contribution in [2.45, 2.75) is 6.92 Å². The van der Waals surface area contributed by atoms with Crippen LogP contribution >= 0.6 is 0 Å². The first kappa shape index (κ1) is 12.2. The molecule has 3 rings (SSSR count). The third-order valence-corrected chi connectivity index (χ3v) is 3.22. The summed E-state index contributed by atoms with van der Waals surface area (Å²) >= 11 is 0. The van der Waals surface area contributed by atoms with Gasteiger partial charge in [0.15, 0.2) is 0 Å².